The number of nitroso groups, excluding NO2 is 1. The smallest absolute Gasteiger partial charge is 0.232 e. The van der Waals surface area contributed by atoms with Crippen LogP contribution in [0.1, 0.15) is 0 Å². The zero-order valence-electron chi connectivity index (χ0n) is 4.01. The Morgan fingerprint density at radius 1 is 1.89 bits per heavy atom. The van der Waals surface area contributed by atoms with Crippen molar-refractivity contribution in [2.24, 2.45) is 5.29 Å². The highest BCUT2D eigenvalue weighted by atomic mass is 16.7. The first-order valence-corrected chi connectivity index (χ1v) is 1.64. The van der Waals surface area contributed by atoms with Crippen LogP contribution >= 0.6 is 0 Å². The Balaban J connectivity index is 3.86. The van der Waals surface area contributed by atoms with E-state index in [1.54, 1.807) is 0 Å². The average molecular weight is 131 g/mol. The van der Waals surface area contributed by atoms with E-state index >= 15 is 0 Å². The summed E-state index contributed by atoms with van der Waals surface area (Å²) < 4.78 is 0. The zero-order chi connectivity index (χ0) is 7.28. The molecule has 8 nitrogen and oxygen atoms in total. The van der Waals surface area contributed by atoms with Crippen LogP contribution in [0.5, 0.6) is 0 Å². The van der Waals surface area contributed by atoms with Crippen molar-refractivity contribution in [2.45, 2.75) is 0 Å². The Morgan fingerprint density at radius 2 is 2.44 bits per heavy atom. The molecular weight excluding hydrogens is 130 g/mol. The molecule has 0 saturated heterocycles. The van der Waals surface area contributed by atoms with E-state index < -0.39 is 5.03 Å². The van der Waals surface area contributed by atoms with Gasteiger partial charge in [-0.25, -0.2) is 10.1 Å². The van der Waals surface area contributed by atoms with Gasteiger partial charge in [0.05, 0.1) is 10.4 Å². The van der Waals surface area contributed by atoms with E-state index in [4.69, 9.17) is 5.26 Å². The van der Waals surface area contributed by atoms with Crippen molar-refractivity contribution < 1.29 is 5.03 Å². The molecule has 0 heterocycles. The molecule has 0 rings (SSSR count). The van der Waals surface area contributed by atoms with Crippen LogP contribution in [0.2, 0.25) is 0 Å². The maximum atomic E-state index is 9.57. The Morgan fingerprint density at radius 3 is 2.56 bits per heavy atom. The lowest BCUT2D eigenvalue weighted by Gasteiger charge is -1.96. The number of hydrogen-bond acceptors (Lipinski definition) is 5. The van der Waals surface area contributed by atoms with Gasteiger partial charge in [0.1, 0.15) is 0 Å². The lowest BCUT2D eigenvalue weighted by molar-refractivity contribution is -0.650. The molecule has 9 heavy (non-hydrogen) atoms. The van der Waals surface area contributed by atoms with Crippen molar-refractivity contribution >= 4 is 0 Å². The van der Waals surface area contributed by atoms with Gasteiger partial charge in [-0.05, 0) is 0 Å². The van der Waals surface area contributed by atoms with E-state index in [2.05, 4.69) is 0 Å². The molecule has 0 aromatic heterocycles. The van der Waals surface area contributed by atoms with Crippen molar-refractivity contribution in [1.29, 1.82) is 5.26 Å². The van der Waals surface area contributed by atoms with Crippen molar-refractivity contribution in [3.63, 3.8) is 0 Å². The Kier molecular flexibility index (Phi) is 2.47. The summed E-state index contributed by atoms with van der Waals surface area (Å²) in [5.41, 5.74) is 1.27. The minimum absolute atomic E-state index is 0.229. The molecule has 8 heteroatoms. The molecule has 0 aromatic carbocycles. The lowest BCUT2D eigenvalue weighted by Crippen LogP contribution is -2.34. The third kappa shape index (κ3) is 2.03. The summed E-state index contributed by atoms with van der Waals surface area (Å²) in [5, 5.41) is 17.9. The summed E-state index contributed by atoms with van der Waals surface area (Å²) in [5.74, 6) is 0. The normalized spacial score (nSPS) is 7.00. The minimum atomic E-state index is -1.12. The second kappa shape index (κ2) is 3.14. The molecule has 0 aliphatic rings. The maximum absolute atomic E-state index is 9.57. The van der Waals surface area contributed by atoms with Crippen LogP contribution in [0.25, 0.3) is 0 Å². The first kappa shape index (κ1) is 7.09. The van der Waals surface area contributed by atoms with Gasteiger partial charge in [-0.3, -0.25) is 0 Å². The van der Waals surface area contributed by atoms with Crippen LogP contribution in [0.3, 0.4) is 0 Å². The molecule has 0 amide bonds. The summed E-state index contributed by atoms with van der Waals surface area (Å²) in [6.07, 6.45) is 1.03. The highest BCUT2D eigenvalue weighted by Crippen LogP contribution is 1.75. The molecule has 1 N–H and O–H groups in total. The van der Waals surface area contributed by atoms with Gasteiger partial charge in [-0.15, -0.1) is 10.4 Å². The van der Waals surface area contributed by atoms with Crippen molar-refractivity contribution in [3.8, 4) is 6.19 Å². The van der Waals surface area contributed by atoms with Crippen LogP contribution in [-0.4, -0.2) is 10.2 Å². The average Bonchev–Trinajstić information content (AvgIpc) is 1.82. The van der Waals surface area contributed by atoms with Crippen molar-refractivity contribution in [3.05, 3.63) is 15.0 Å². The minimum Gasteiger partial charge on any atom is -0.232 e. The number of nitrogens with one attached hydrogen (secondary N) is 1. The number of hydrogen-bond donors (Lipinski definition) is 1. The second-order valence-electron chi connectivity index (χ2n) is 0.841. The monoisotopic (exact) mass is 131 g/mol. The molecule has 0 aliphatic heterocycles. The van der Waals surface area contributed by atoms with E-state index in [1.165, 1.54) is 5.53 Å². The number of hydrazine groups is 2. The van der Waals surface area contributed by atoms with E-state index in [-0.39, 0.29) is 5.12 Å². The molecule has 0 aromatic rings. The molecule has 0 unspecified atom stereocenters. The van der Waals surface area contributed by atoms with Crippen molar-refractivity contribution in [2.75, 3.05) is 0 Å². The van der Waals surface area contributed by atoms with Gasteiger partial charge in [0.15, 0.2) is 5.03 Å². The molecule has 0 aliphatic carbocycles. The van der Waals surface area contributed by atoms with Gasteiger partial charge in [0.2, 0.25) is 0 Å². The topological polar surface area (TPSA) is 112 Å². The highest BCUT2D eigenvalue weighted by molar-refractivity contribution is 4.56. The molecule has 0 saturated carbocycles. The zero-order valence-corrected chi connectivity index (χ0v) is 4.01. The first-order valence-electron chi connectivity index (χ1n) is 1.64. The number of nitrogens with zero attached hydrogens (tertiary/aromatic N) is 4. The molecular formula is CHN5O3. The maximum Gasteiger partial charge on any atom is 0.274 e. The fourth-order valence-corrected chi connectivity index (χ4v) is 0.134. The molecule has 0 fully saturated rings. The van der Waals surface area contributed by atoms with Crippen LogP contribution in [0.15, 0.2) is 5.29 Å². The molecule has 48 valence electrons. The van der Waals surface area contributed by atoms with E-state index in [0.717, 1.165) is 6.19 Å². The van der Waals surface area contributed by atoms with Crippen LogP contribution in [0, 0.1) is 26.5 Å². The Hall–Kier alpha value is -1.91. The summed E-state index contributed by atoms with van der Waals surface area (Å²) in [6, 6.07) is 0. The molecule has 0 radical (unpaired) electrons. The van der Waals surface area contributed by atoms with E-state index in [0.29, 0.717) is 0 Å². The standard InChI is InChI=1S/CHN5O3/c2-1-5(3-4-7)6(8)9/h(H,3,7). The predicted octanol–water partition coefficient (Wildman–Crippen LogP) is -0.853. The summed E-state index contributed by atoms with van der Waals surface area (Å²) in [7, 11) is 0. The number of nitro groups is 1. The SMILES string of the molecule is N#CN(NN=O)[N+](=O)[O-]. The molecule has 0 bridgehead atoms. The van der Waals surface area contributed by atoms with Crippen LogP contribution in [0.4, 0.5) is 0 Å². The quantitative estimate of drug-likeness (QED) is 0.175. The summed E-state index contributed by atoms with van der Waals surface area (Å²) in [4.78, 5) is 18.8. The Bertz CT molecular complexity index is 158. The molecule has 0 atom stereocenters. The van der Waals surface area contributed by atoms with Gasteiger partial charge < -0.3 is 0 Å². The van der Waals surface area contributed by atoms with Gasteiger partial charge in [-0.1, -0.05) is 0 Å². The summed E-state index contributed by atoms with van der Waals surface area (Å²) >= 11 is 0. The predicted molar refractivity (Wildman–Crippen MR) is 23.4 cm³/mol. The summed E-state index contributed by atoms with van der Waals surface area (Å²) in [6.45, 7) is 0. The number of rotatable bonds is 3. The number of nitriles is 1. The van der Waals surface area contributed by atoms with Crippen LogP contribution < -0.4 is 5.53 Å². The third-order valence-corrected chi connectivity index (χ3v) is 0.394. The third-order valence-electron chi connectivity index (χ3n) is 0.394. The highest BCUT2D eigenvalue weighted by Gasteiger charge is 2.10. The Labute approximate surface area is 48.7 Å². The van der Waals surface area contributed by atoms with Gasteiger partial charge in [-0.2, -0.15) is 5.26 Å². The van der Waals surface area contributed by atoms with Crippen molar-refractivity contribution in [1.82, 2.24) is 10.7 Å². The van der Waals surface area contributed by atoms with E-state index in [9.17, 15) is 15.0 Å². The largest absolute Gasteiger partial charge is 0.274 e. The van der Waals surface area contributed by atoms with Crippen LogP contribution in [-0.2, 0) is 0 Å². The second-order valence-corrected chi connectivity index (χ2v) is 0.841. The van der Waals surface area contributed by atoms with Gasteiger partial charge in [0, 0.05) is 0 Å². The first-order chi connectivity index (χ1) is 4.22. The lowest BCUT2D eigenvalue weighted by atomic mass is 11.3. The molecule has 0 spiro atoms. The van der Waals surface area contributed by atoms with Gasteiger partial charge in [0.25, 0.3) is 6.19 Å². The van der Waals surface area contributed by atoms with Gasteiger partial charge >= 0.3 is 0 Å². The fraction of sp³-hybridized carbons (Fsp3) is 0. The van der Waals surface area contributed by atoms with E-state index in [1.807, 2.05) is 5.29 Å². The fourth-order valence-electron chi connectivity index (χ4n) is 0.134.